The fourth-order valence-electron chi connectivity index (χ4n) is 1.14. The Hall–Kier alpha value is -2.44. The minimum atomic E-state index is -0.752. The zero-order valence-electron chi connectivity index (χ0n) is 10.8. The summed E-state index contributed by atoms with van der Waals surface area (Å²) in [4.78, 5) is 31.0. The van der Waals surface area contributed by atoms with Gasteiger partial charge in [-0.15, -0.1) is 0 Å². The maximum absolute atomic E-state index is 11.6. The molecule has 0 aliphatic rings. The molecule has 1 aromatic heterocycles. The molecule has 19 heavy (non-hydrogen) atoms. The van der Waals surface area contributed by atoms with Gasteiger partial charge in [-0.25, -0.2) is 14.6 Å². The Morgan fingerprint density at radius 1 is 1.21 bits per heavy atom. The van der Waals surface area contributed by atoms with Gasteiger partial charge in [-0.2, -0.15) is 0 Å². The number of carbonyl (C=O) groups excluding carboxylic acids is 2. The van der Waals surface area contributed by atoms with Crippen molar-refractivity contribution in [1.82, 2.24) is 9.97 Å². The van der Waals surface area contributed by atoms with Crippen LogP contribution in [0.2, 0.25) is 0 Å². The summed E-state index contributed by atoms with van der Waals surface area (Å²) in [6.45, 7) is 3.63. The van der Waals surface area contributed by atoms with E-state index in [4.69, 9.17) is 9.47 Å². The van der Waals surface area contributed by atoms with Crippen LogP contribution >= 0.6 is 0 Å². The zero-order valence-corrected chi connectivity index (χ0v) is 10.8. The highest BCUT2D eigenvalue weighted by molar-refractivity contribution is 6.14. The molecule has 0 aromatic carbocycles. The fourth-order valence-corrected chi connectivity index (χ4v) is 1.14. The first kappa shape index (κ1) is 14.6. The largest absolute Gasteiger partial charge is 0.462 e. The lowest BCUT2D eigenvalue weighted by molar-refractivity contribution is -0.146. The third-order valence-corrected chi connectivity index (χ3v) is 1.92. The molecule has 0 saturated carbocycles. The van der Waals surface area contributed by atoms with Gasteiger partial charge < -0.3 is 14.8 Å². The van der Waals surface area contributed by atoms with Gasteiger partial charge in [0.1, 0.15) is 5.82 Å². The predicted octanol–water partition coefficient (Wildman–Crippen LogP) is 0.899. The Balaban J connectivity index is 2.83. The van der Waals surface area contributed by atoms with Crippen LogP contribution in [0.3, 0.4) is 0 Å². The van der Waals surface area contributed by atoms with Gasteiger partial charge in [0.25, 0.3) is 0 Å². The highest BCUT2D eigenvalue weighted by atomic mass is 16.6. The highest BCUT2D eigenvalue weighted by Gasteiger charge is 2.20. The molecular weight excluding hydrogens is 250 g/mol. The molecule has 1 aromatic rings. The molecule has 0 atom stereocenters. The van der Waals surface area contributed by atoms with E-state index < -0.39 is 11.9 Å². The van der Waals surface area contributed by atoms with Gasteiger partial charge in [0.15, 0.2) is 5.57 Å². The Morgan fingerprint density at radius 2 is 1.84 bits per heavy atom. The molecule has 1 N–H and O–H groups in total. The van der Waals surface area contributed by atoms with Crippen molar-refractivity contribution in [2.75, 3.05) is 18.5 Å². The number of anilines is 1. The average molecular weight is 265 g/mol. The molecule has 0 unspecified atom stereocenters. The second kappa shape index (κ2) is 7.80. The number of nitrogens with zero attached hydrogens (tertiary/aromatic N) is 2. The smallest absolute Gasteiger partial charge is 0.347 e. The summed E-state index contributed by atoms with van der Waals surface area (Å²) in [6, 6.07) is 0. The number of hydrogen-bond donors (Lipinski definition) is 1. The molecular formula is C12H15N3O4. The lowest BCUT2D eigenvalue weighted by Gasteiger charge is -2.07. The van der Waals surface area contributed by atoms with E-state index in [2.05, 4.69) is 15.3 Å². The van der Waals surface area contributed by atoms with Crippen molar-refractivity contribution in [3.8, 4) is 0 Å². The van der Waals surface area contributed by atoms with Crippen LogP contribution in [0, 0.1) is 0 Å². The van der Waals surface area contributed by atoms with Crippen molar-refractivity contribution in [2.45, 2.75) is 13.8 Å². The Kier molecular flexibility index (Phi) is 6.00. The van der Waals surface area contributed by atoms with E-state index in [1.807, 2.05) is 0 Å². The van der Waals surface area contributed by atoms with Crippen LogP contribution in [0.5, 0.6) is 0 Å². The van der Waals surface area contributed by atoms with Crippen molar-refractivity contribution in [2.24, 2.45) is 0 Å². The number of carbonyl (C=O) groups is 2. The van der Waals surface area contributed by atoms with Gasteiger partial charge in [0.2, 0.25) is 0 Å². The predicted molar refractivity (Wildman–Crippen MR) is 67.0 cm³/mol. The first-order chi connectivity index (χ1) is 9.19. The second-order valence-corrected chi connectivity index (χ2v) is 3.23. The quantitative estimate of drug-likeness (QED) is 0.353. The normalized spacial score (nSPS) is 9.37. The lowest BCUT2D eigenvalue weighted by atomic mass is 10.3. The molecule has 7 heteroatoms. The summed E-state index contributed by atoms with van der Waals surface area (Å²) in [7, 11) is 0. The van der Waals surface area contributed by atoms with E-state index >= 15 is 0 Å². The first-order valence-corrected chi connectivity index (χ1v) is 5.76. The van der Waals surface area contributed by atoms with Crippen LogP contribution in [-0.4, -0.2) is 35.1 Å². The molecule has 0 saturated heterocycles. The highest BCUT2D eigenvalue weighted by Crippen LogP contribution is 2.05. The Labute approximate surface area is 110 Å². The van der Waals surface area contributed by atoms with E-state index in [1.165, 1.54) is 24.8 Å². The van der Waals surface area contributed by atoms with Crippen LogP contribution in [0.4, 0.5) is 5.82 Å². The Morgan fingerprint density at radius 3 is 2.32 bits per heavy atom. The molecule has 7 nitrogen and oxygen atoms in total. The Bertz CT molecular complexity index is 439. The number of nitrogens with one attached hydrogen (secondary N) is 1. The summed E-state index contributed by atoms with van der Waals surface area (Å²) in [5, 5.41) is 2.69. The van der Waals surface area contributed by atoms with E-state index in [0.717, 1.165) is 0 Å². The van der Waals surface area contributed by atoms with Gasteiger partial charge >= 0.3 is 11.9 Å². The van der Waals surface area contributed by atoms with Crippen molar-refractivity contribution in [3.05, 3.63) is 30.4 Å². The third kappa shape index (κ3) is 4.74. The number of rotatable bonds is 6. The van der Waals surface area contributed by atoms with Crippen molar-refractivity contribution in [1.29, 1.82) is 0 Å². The molecule has 0 aliphatic heterocycles. The average Bonchev–Trinajstić information content (AvgIpc) is 2.41. The molecule has 0 bridgehead atoms. The topological polar surface area (TPSA) is 90.4 Å². The molecule has 1 heterocycles. The van der Waals surface area contributed by atoms with Crippen LogP contribution < -0.4 is 5.32 Å². The van der Waals surface area contributed by atoms with E-state index in [9.17, 15) is 9.59 Å². The van der Waals surface area contributed by atoms with Crippen LogP contribution in [0.15, 0.2) is 30.4 Å². The summed E-state index contributed by atoms with van der Waals surface area (Å²) >= 11 is 0. The van der Waals surface area contributed by atoms with Gasteiger partial charge in [0, 0.05) is 18.6 Å². The maximum atomic E-state index is 11.6. The van der Waals surface area contributed by atoms with Gasteiger partial charge in [-0.3, -0.25) is 4.98 Å². The van der Waals surface area contributed by atoms with Gasteiger partial charge in [0.05, 0.1) is 19.4 Å². The molecule has 0 amide bonds. The molecule has 0 spiro atoms. The summed E-state index contributed by atoms with van der Waals surface area (Å²) in [6.07, 6.45) is 5.63. The summed E-state index contributed by atoms with van der Waals surface area (Å²) in [5.41, 5.74) is -0.227. The third-order valence-electron chi connectivity index (χ3n) is 1.92. The van der Waals surface area contributed by atoms with Crippen LogP contribution in [0.25, 0.3) is 0 Å². The first-order valence-electron chi connectivity index (χ1n) is 5.76. The van der Waals surface area contributed by atoms with Crippen molar-refractivity contribution < 1.29 is 19.1 Å². The van der Waals surface area contributed by atoms with E-state index in [-0.39, 0.29) is 18.8 Å². The molecule has 1 rings (SSSR count). The van der Waals surface area contributed by atoms with E-state index in [0.29, 0.717) is 5.82 Å². The minimum absolute atomic E-state index is 0.167. The lowest BCUT2D eigenvalue weighted by Crippen LogP contribution is -2.19. The summed E-state index contributed by atoms with van der Waals surface area (Å²) in [5.74, 6) is -1.11. The molecule has 0 radical (unpaired) electrons. The second-order valence-electron chi connectivity index (χ2n) is 3.23. The maximum Gasteiger partial charge on any atom is 0.347 e. The number of ether oxygens (including phenoxy) is 2. The number of aromatic nitrogens is 2. The summed E-state index contributed by atoms with van der Waals surface area (Å²) < 4.78 is 9.55. The van der Waals surface area contributed by atoms with Gasteiger partial charge in [-0.1, -0.05) is 0 Å². The zero-order chi connectivity index (χ0) is 14.1. The fraction of sp³-hybridized carbons (Fsp3) is 0.333. The molecule has 0 aliphatic carbocycles. The molecule has 0 fully saturated rings. The standard InChI is InChI=1S/C12H15N3O4/c1-3-18-11(16)9(12(17)19-4-2)7-15-10-8-13-5-6-14-10/h5-8H,3-4H2,1-2H3,(H,14,15). The number of hydrogen-bond acceptors (Lipinski definition) is 7. The number of esters is 2. The van der Waals surface area contributed by atoms with Crippen LogP contribution in [-0.2, 0) is 19.1 Å². The molecule has 102 valence electrons. The minimum Gasteiger partial charge on any atom is -0.462 e. The van der Waals surface area contributed by atoms with E-state index in [1.54, 1.807) is 13.8 Å². The monoisotopic (exact) mass is 265 g/mol. The van der Waals surface area contributed by atoms with Gasteiger partial charge in [-0.05, 0) is 13.8 Å². The SMILES string of the molecule is CCOC(=O)C(=CNc1cnccn1)C(=O)OCC. The van der Waals surface area contributed by atoms with Crippen molar-refractivity contribution >= 4 is 17.8 Å². The van der Waals surface area contributed by atoms with Crippen molar-refractivity contribution in [3.63, 3.8) is 0 Å². The van der Waals surface area contributed by atoms with Crippen LogP contribution in [0.1, 0.15) is 13.8 Å².